The van der Waals surface area contributed by atoms with Gasteiger partial charge in [-0.2, -0.15) is 0 Å². The fraction of sp³-hybridized carbons (Fsp3) is 0.444. The fourth-order valence-corrected chi connectivity index (χ4v) is 3.41. The maximum absolute atomic E-state index is 11.9. The molecule has 1 atom stereocenters. The van der Waals surface area contributed by atoms with Crippen molar-refractivity contribution < 1.29 is 9.90 Å². The van der Waals surface area contributed by atoms with Crippen LogP contribution in [0.4, 0.5) is 0 Å². The Labute approximate surface area is 125 Å². The first-order chi connectivity index (χ1) is 10.0. The summed E-state index contributed by atoms with van der Waals surface area (Å²) in [6, 6.07) is 3.92. The zero-order chi connectivity index (χ0) is 15.1. The standard InChI is InChI=1S/C18H21NO2/c1-4-12-6-8-15-14(9-12)16(18(20)21)13-7-5-10(2)11(3)17(13)19-15/h5,7,12H,4,6,8-9H2,1-3H3,(H,20,21). The Hall–Kier alpha value is -1.90. The number of hydrogen-bond donors (Lipinski definition) is 1. The number of pyridine rings is 1. The van der Waals surface area contributed by atoms with E-state index in [-0.39, 0.29) is 0 Å². The maximum Gasteiger partial charge on any atom is 0.336 e. The Kier molecular flexibility index (Phi) is 3.44. The number of aryl methyl sites for hydroxylation is 3. The zero-order valence-corrected chi connectivity index (χ0v) is 12.9. The molecule has 0 fully saturated rings. The number of benzene rings is 1. The molecule has 1 heterocycles. The predicted octanol–water partition coefficient (Wildman–Crippen LogP) is 4.06. The van der Waals surface area contributed by atoms with Crippen LogP contribution in [-0.2, 0) is 12.8 Å². The molecule has 0 amide bonds. The Balaban J connectivity index is 2.34. The highest BCUT2D eigenvalue weighted by Crippen LogP contribution is 2.34. The Morgan fingerprint density at radius 2 is 2.14 bits per heavy atom. The van der Waals surface area contributed by atoms with Crippen LogP contribution < -0.4 is 0 Å². The van der Waals surface area contributed by atoms with Gasteiger partial charge < -0.3 is 5.11 Å². The van der Waals surface area contributed by atoms with E-state index in [9.17, 15) is 9.90 Å². The van der Waals surface area contributed by atoms with Gasteiger partial charge in [0.25, 0.3) is 0 Å². The first-order valence-corrected chi connectivity index (χ1v) is 7.67. The van der Waals surface area contributed by atoms with Gasteiger partial charge in [0, 0.05) is 11.1 Å². The molecule has 0 saturated heterocycles. The monoisotopic (exact) mass is 283 g/mol. The van der Waals surface area contributed by atoms with Crippen LogP contribution in [0.5, 0.6) is 0 Å². The number of carboxylic acid groups (broad SMARTS) is 1. The summed E-state index contributed by atoms with van der Waals surface area (Å²) in [6.07, 6.45) is 3.97. The van der Waals surface area contributed by atoms with Crippen molar-refractivity contribution in [3.8, 4) is 0 Å². The molecule has 0 saturated carbocycles. The SMILES string of the molecule is CCC1CCc2nc3c(C)c(C)ccc3c(C(=O)O)c2C1. The lowest BCUT2D eigenvalue weighted by Crippen LogP contribution is -2.19. The van der Waals surface area contributed by atoms with Gasteiger partial charge in [-0.15, -0.1) is 0 Å². The van der Waals surface area contributed by atoms with Crippen LogP contribution >= 0.6 is 0 Å². The normalized spacial score (nSPS) is 17.8. The van der Waals surface area contributed by atoms with Crippen LogP contribution in [0.3, 0.4) is 0 Å². The highest BCUT2D eigenvalue weighted by atomic mass is 16.4. The second-order valence-corrected chi connectivity index (χ2v) is 6.14. The minimum Gasteiger partial charge on any atom is -0.478 e. The molecule has 110 valence electrons. The molecule has 2 aromatic rings. The molecular weight excluding hydrogens is 262 g/mol. The summed E-state index contributed by atoms with van der Waals surface area (Å²) in [4.78, 5) is 16.7. The molecule has 0 aliphatic heterocycles. The average Bonchev–Trinajstić information content (AvgIpc) is 2.48. The number of rotatable bonds is 2. The summed E-state index contributed by atoms with van der Waals surface area (Å²) >= 11 is 0. The number of aromatic nitrogens is 1. The van der Waals surface area contributed by atoms with Crippen LogP contribution in [-0.4, -0.2) is 16.1 Å². The third kappa shape index (κ3) is 2.21. The highest BCUT2D eigenvalue weighted by Gasteiger charge is 2.26. The van der Waals surface area contributed by atoms with Gasteiger partial charge in [0.15, 0.2) is 0 Å². The smallest absolute Gasteiger partial charge is 0.336 e. The molecule has 1 aliphatic carbocycles. The van der Waals surface area contributed by atoms with E-state index >= 15 is 0 Å². The van der Waals surface area contributed by atoms with Crippen LogP contribution in [0.2, 0.25) is 0 Å². The van der Waals surface area contributed by atoms with Crippen LogP contribution in [0.25, 0.3) is 10.9 Å². The van der Waals surface area contributed by atoms with Crippen molar-refractivity contribution >= 4 is 16.9 Å². The summed E-state index contributed by atoms with van der Waals surface area (Å²) in [6.45, 7) is 6.25. The molecule has 0 bridgehead atoms. The van der Waals surface area contributed by atoms with Gasteiger partial charge in [-0.25, -0.2) is 4.79 Å². The summed E-state index contributed by atoms with van der Waals surface area (Å²) < 4.78 is 0. The number of carbonyl (C=O) groups is 1. The van der Waals surface area contributed by atoms with E-state index in [4.69, 9.17) is 4.98 Å². The lowest BCUT2D eigenvalue weighted by Gasteiger charge is -2.25. The molecule has 0 spiro atoms. The van der Waals surface area contributed by atoms with Crippen molar-refractivity contribution in [1.29, 1.82) is 0 Å². The van der Waals surface area contributed by atoms with E-state index in [2.05, 4.69) is 6.92 Å². The number of hydrogen-bond acceptors (Lipinski definition) is 2. The quantitative estimate of drug-likeness (QED) is 0.904. The third-order valence-corrected chi connectivity index (χ3v) is 4.94. The number of aromatic carboxylic acids is 1. The minimum absolute atomic E-state index is 0.483. The van der Waals surface area contributed by atoms with E-state index in [1.165, 1.54) is 0 Å². The van der Waals surface area contributed by atoms with E-state index in [1.807, 2.05) is 26.0 Å². The molecular formula is C18H21NO2. The Bertz CT molecular complexity index is 734. The average molecular weight is 283 g/mol. The highest BCUT2D eigenvalue weighted by molar-refractivity contribution is 6.05. The van der Waals surface area contributed by atoms with Gasteiger partial charge in [-0.3, -0.25) is 4.98 Å². The largest absolute Gasteiger partial charge is 0.478 e. The van der Waals surface area contributed by atoms with Gasteiger partial charge in [0.2, 0.25) is 0 Å². The number of fused-ring (bicyclic) bond motifs is 2. The van der Waals surface area contributed by atoms with Crippen LogP contribution in [0, 0.1) is 19.8 Å². The van der Waals surface area contributed by atoms with Gasteiger partial charge in [-0.05, 0) is 55.7 Å². The lowest BCUT2D eigenvalue weighted by atomic mass is 9.81. The molecule has 21 heavy (non-hydrogen) atoms. The number of nitrogens with zero attached hydrogens (tertiary/aromatic N) is 1. The van der Waals surface area contributed by atoms with Crippen LogP contribution in [0.15, 0.2) is 12.1 Å². The van der Waals surface area contributed by atoms with Crippen molar-refractivity contribution in [3.05, 3.63) is 40.1 Å². The minimum atomic E-state index is -0.821. The lowest BCUT2D eigenvalue weighted by molar-refractivity contribution is 0.0697. The van der Waals surface area contributed by atoms with Gasteiger partial charge in [0.05, 0.1) is 11.1 Å². The van der Waals surface area contributed by atoms with E-state index in [0.29, 0.717) is 11.5 Å². The summed E-state index contributed by atoms with van der Waals surface area (Å²) in [5.41, 5.74) is 5.57. The molecule has 1 unspecified atom stereocenters. The summed E-state index contributed by atoms with van der Waals surface area (Å²) in [5, 5.41) is 10.5. The first-order valence-electron chi connectivity index (χ1n) is 7.67. The third-order valence-electron chi connectivity index (χ3n) is 4.94. The molecule has 1 N–H and O–H groups in total. The van der Waals surface area contributed by atoms with Crippen molar-refractivity contribution in [2.24, 2.45) is 5.92 Å². The second-order valence-electron chi connectivity index (χ2n) is 6.14. The van der Waals surface area contributed by atoms with Crippen molar-refractivity contribution in [3.63, 3.8) is 0 Å². The molecule has 1 aromatic carbocycles. The van der Waals surface area contributed by atoms with Crippen molar-refractivity contribution in [1.82, 2.24) is 4.98 Å². The Morgan fingerprint density at radius 1 is 1.38 bits per heavy atom. The van der Waals surface area contributed by atoms with E-state index < -0.39 is 5.97 Å². The van der Waals surface area contributed by atoms with Gasteiger partial charge >= 0.3 is 5.97 Å². The van der Waals surface area contributed by atoms with Crippen LogP contribution in [0.1, 0.15) is 52.5 Å². The molecule has 0 radical (unpaired) electrons. The topological polar surface area (TPSA) is 50.2 Å². The van der Waals surface area contributed by atoms with Gasteiger partial charge in [-0.1, -0.05) is 25.5 Å². The molecule has 3 nitrogen and oxygen atoms in total. The molecule has 1 aromatic heterocycles. The number of carboxylic acids is 1. The summed E-state index contributed by atoms with van der Waals surface area (Å²) in [7, 11) is 0. The zero-order valence-electron chi connectivity index (χ0n) is 12.9. The van der Waals surface area contributed by atoms with E-state index in [1.54, 1.807) is 0 Å². The second kappa shape index (κ2) is 5.14. The van der Waals surface area contributed by atoms with Gasteiger partial charge in [0.1, 0.15) is 0 Å². The van der Waals surface area contributed by atoms with E-state index in [0.717, 1.165) is 59.0 Å². The first kappa shape index (κ1) is 14.1. The van der Waals surface area contributed by atoms with Crippen molar-refractivity contribution in [2.75, 3.05) is 0 Å². The predicted molar refractivity (Wildman–Crippen MR) is 84.0 cm³/mol. The summed E-state index contributed by atoms with van der Waals surface area (Å²) in [5.74, 6) is -0.236. The van der Waals surface area contributed by atoms with Crippen molar-refractivity contribution in [2.45, 2.75) is 46.5 Å². The Morgan fingerprint density at radius 3 is 2.81 bits per heavy atom. The fourth-order valence-electron chi connectivity index (χ4n) is 3.41. The maximum atomic E-state index is 11.9. The molecule has 3 heteroatoms. The molecule has 3 rings (SSSR count). The molecule has 1 aliphatic rings.